The Hall–Kier alpha value is -2.15. The number of nitrogens with zero attached hydrogens (tertiary/aromatic N) is 3. The number of azide groups is 1. The summed E-state index contributed by atoms with van der Waals surface area (Å²) in [6.07, 6.45) is 0. The molecular formula is C24H46N4O13. The molecule has 0 unspecified atom stereocenters. The molecule has 0 aromatic carbocycles. The van der Waals surface area contributed by atoms with Gasteiger partial charge in [-0.2, -0.15) is 0 Å². The Kier molecular flexibility index (Phi) is 32.3. The molecule has 17 heteroatoms. The van der Waals surface area contributed by atoms with E-state index >= 15 is 0 Å². The number of amides is 1. The lowest BCUT2D eigenvalue weighted by molar-refractivity contribution is -0.143. The quantitative estimate of drug-likeness (QED) is 0.0421. The van der Waals surface area contributed by atoms with Crippen LogP contribution < -0.4 is 5.32 Å². The SMILES string of the molecule is [N-]=[N+]=NCCOCCOCCOCCOCCOCCOCCOCCOCCOCCNC(=O)COCC(=O)O. The van der Waals surface area contributed by atoms with Gasteiger partial charge < -0.3 is 57.8 Å². The van der Waals surface area contributed by atoms with E-state index < -0.39 is 18.5 Å². The van der Waals surface area contributed by atoms with Crippen LogP contribution in [0.2, 0.25) is 0 Å². The Labute approximate surface area is 240 Å². The van der Waals surface area contributed by atoms with E-state index in [-0.39, 0.29) is 6.61 Å². The lowest BCUT2D eigenvalue weighted by Gasteiger charge is -2.09. The number of rotatable bonds is 34. The maximum absolute atomic E-state index is 11.3. The van der Waals surface area contributed by atoms with Crippen LogP contribution in [0.25, 0.3) is 10.4 Å². The van der Waals surface area contributed by atoms with Gasteiger partial charge in [-0.25, -0.2) is 4.79 Å². The first-order chi connectivity index (χ1) is 20.2. The molecule has 0 heterocycles. The predicted octanol–water partition coefficient (Wildman–Crippen LogP) is -0.336. The normalized spacial score (nSPS) is 10.9. The van der Waals surface area contributed by atoms with E-state index in [9.17, 15) is 9.59 Å². The summed E-state index contributed by atoms with van der Waals surface area (Å²) in [5, 5.41) is 14.3. The number of aliphatic carboxylic acids is 1. The van der Waals surface area contributed by atoms with E-state index in [1.54, 1.807) is 0 Å². The number of carbonyl (C=O) groups excluding carboxylic acids is 1. The topological polar surface area (TPSA) is 207 Å². The van der Waals surface area contributed by atoms with Crippen molar-refractivity contribution in [2.24, 2.45) is 5.11 Å². The third kappa shape index (κ3) is 35.8. The second kappa shape index (κ2) is 34.1. The minimum Gasteiger partial charge on any atom is -0.480 e. The van der Waals surface area contributed by atoms with Crippen molar-refractivity contribution in [3.63, 3.8) is 0 Å². The molecule has 0 rings (SSSR count). The van der Waals surface area contributed by atoms with E-state index in [0.717, 1.165) is 0 Å². The van der Waals surface area contributed by atoms with Crippen molar-refractivity contribution < 1.29 is 62.1 Å². The van der Waals surface area contributed by atoms with Gasteiger partial charge in [0.2, 0.25) is 5.91 Å². The van der Waals surface area contributed by atoms with E-state index in [4.69, 9.17) is 53.3 Å². The summed E-state index contributed by atoms with van der Waals surface area (Å²) in [6, 6.07) is 0. The molecule has 17 nitrogen and oxygen atoms in total. The maximum Gasteiger partial charge on any atom is 0.329 e. The first kappa shape index (κ1) is 38.9. The largest absolute Gasteiger partial charge is 0.480 e. The molecule has 0 aromatic heterocycles. The van der Waals surface area contributed by atoms with Gasteiger partial charge in [0.15, 0.2) is 0 Å². The summed E-state index contributed by atoms with van der Waals surface area (Å²) in [6.45, 7) is 7.77. The number of ether oxygens (including phenoxy) is 10. The molecule has 0 aliphatic carbocycles. The summed E-state index contributed by atoms with van der Waals surface area (Å²) >= 11 is 0. The summed E-state index contributed by atoms with van der Waals surface area (Å²) in [4.78, 5) is 24.2. The summed E-state index contributed by atoms with van der Waals surface area (Å²) in [5.41, 5.74) is 8.12. The number of carboxylic acid groups (broad SMARTS) is 1. The molecule has 0 saturated carbocycles. The predicted molar refractivity (Wildman–Crippen MR) is 143 cm³/mol. The fourth-order valence-corrected chi connectivity index (χ4v) is 2.56. The summed E-state index contributed by atoms with van der Waals surface area (Å²) in [5.74, 6) is -1.53. The third-order valence-electron chi connectivity index (χ3n) is 4.40. The van der Waals surface area contributed by atoms with Gasteiger partial charge in [-0.3, -0.25) is 4.79 Å². The van der Waals surface area contributed by atoms with E-state index in [2.05, 4.69) is 20.1 Å². The van der Waals surface area contributed by atoms with Crippen LogP contribution in [0, 0.1) is 0 Å². The fraction of sp³-hybridized carbons (Fsp3) is 0.917. The Morgan fingerprint density at radius 3 is 1.22 bits per heavy atom. The first-order valence-corrected chi connectivity index (χ1v) is 13.4. The van der Waals surface area contributed by atoms with Crippen molar-refractivity contribution in [3.05, 3.63) is 10.4 Å². The van der Waals surface area contributed by atoms with Crippen LogP contribution in [0.5, 0.6) is 0 Å². The van der Waals surface area contributed by atoms with Crippen LogP contribution in [0.1, 0.15) is 0 Å². The molecule has 0 saturated heterocycles. The lowest BCUT2D eigenvalue weighted by atomic mass is 10.6. The highest BCUT2D eigenvalue weighted by Gasteiger charge is 2.03. The highest BCUT2D eigenvalue weighted by Crippen LogP contribution is 1.86. The molecule has 0 bridgehead atoms. The number of carbonyl (C=O) groups is 2. The average molecular weight is 599 g/mol. The van der Waals surface area contributed by atoms with Gasteiger partial charge in [0.1, 0.15) is 13.2 Å². The second-order valence-corrected chi connectivity index (χ2v) is 7.70. The van der Waals surface area contributed by atoms with Gasteiger partial charge in [0, 0.05) is 18.0 Å². The number of nitrogens with one attached hydrogen (secondary N) is 1. The van der Waals surface area contributed by atoms with Crippen molar-refractivity contribution in [1.29, 1.82) is 0 Å². The van der Waals surface area contributed by atoms with Crippen LogP contribution in [0.4, 0.5) is 0 Å². The number of hydrogen-bond donors (Lipinski definition) is 2. The minimum atomic E-state index is -1.13. The third-order valence-corrected chi connectivity index (χ3v) is 4.40. The van der Waals surface area contributed by atoms with Gasteiger partial charge in [0.05, 0.1) is 119 Å². The van der Waals surface area contributed by atoms with Crippen LogP contribution in [0.15, 0.2) is 5.11 Å². The standard InChI is InChI=1S/C24H46N4O13/c25-28-27-2-4-33-6-8-35-10-12-37-14-16-39-18-20-40-19-17-38-15-13-36-11-9-34-7-5-32-3-1-26-23(29)21-41-22-24(30)31/h1-22H2,(H,26,29)(H,30,31). The zero-order valence-corrected chi connectivity index (χ0v) is 23.7. The van der Waals surface area contributed by atoms with Crippen molar-refractivity contribution in [2.75, 3.05) is 145 Å². The smallest absolute Gasteiger partial charge is 0.329 e. The van der Waals surface area contributed by atoms with Crippen LogP contribution in [-0.2, 0) is 57.0 Å². The zero-order chi connectivity index (χ0) is 29.9. The summed E-state index contributed by atoms with van der Waals surface area (Å²) < 4.78 is 52.9. The monoisotopic (exact) mass is 598 g/mol. The molecule has 41 heavy (non-hydrogen) atoms. The number of carboxylic acids is 1. The Morgan fingerprint density at radius 2 is 0.878 bits per heavy atom. The molecule has 240 valence electrons. The van der Waals surface area contributed by atoms with Gasteiger partial charge >= 0.3 is 5.97 Å². The van der Waals surface area contributed by atoms with E-state index in [0.29, 0.717) is 132 Å². The van der Waals surface area contributed by atoms with Crippen molar-refractivity contribution in [3.8, 4) is 0 Å². The maximum atomic E-state index is 11.3. The Morgan fingerprint density at radius 1 is 0.537 bits per heavy atom. The molecule has 0 aromatic rings. The molecular weight excluding hydrogens is 552 g/mol. The highest BCUT2D eigenvalue weighted by atomic mass is 16.6. The Balaban J connectivity index is 3.09. The molecule has 0 spiro atoms. The van der Waals surface area contributed by atoms with E-state index in [1.807, 2.05) is 0 Å². The van der Waals surface area contributed by atoms with Crippen molar-refractivity contribution >= 4 is 11.9 Å². The van der Waals surface area contributed by atoms with Crippen LogP contribution in [0.3, 0.4) is 0 Å². The van der Waals surface area contributed by atoms with Gasteiger partial charge in [-0.1, -0.05) is 5.11 Å². The minimum absolute atomic E-state index is 0.298. The van der Waals surface area contributed by atoms with Crippen molar-refractivity contribution in [2.45, 2.75) is 0 Å². The second-order valence-electron chi connectivity index (χ2n) is 7.70. The van der Waals surface area contributed by atoms with E-state index in [1.165, 1.54) is 0 Å². The van der Waals surface area contributed by atoms with Crippen LogP contribution >= 0.6 is 0 Å². The average Bonchev–Trinajstić information content (AvgIpc) is 2.95. The molecule has 0 aliphatic heterocycles. The highest BCUT2D eigenvalue weighted by molar-refractivity contribution is 5.77. The zero-order valence-electron chi connectivity index (χ0n) is 23.7. The molecule has 0 fully saturated rings. The molecule has 1 amide bonds. The molecule has 0 radical (unpaired) electrons. The Bertz CT molecular complexity index is 643. The van der Waals surface area contributed by atoms with Crippen molar-refractivity contribution in [1.82, 2.24) is 5.32 Å². The molecule has 0 atom stereocenters. The van der Waals surface area contributed by atoms with Gasteiger partial charge in [-0.15, -0.1) is 0 Å². The fourth-order valence-electron chi connectivity index (χ4n) is 2.56. The van der Waals surface area contributed by atoms with Gasteiger partial charge in [-0.05, 0) is 5.53 Å². The first-order valence-electron chi connectivity index (χ1n) is 13.4. The molecule has 0 aliphatic rings. The summed E-state index contributed by atoms with van der Waals surface area (Å²) in [7, 11) is 0. The number of hydrogen-bond acceptors (Lipinski definition) is 13. The van der Waals surface area contributed by atoms with Gasteiger partial charge in [0.25, 0.3) is 0 Å². The molecule has 2 N–H and O–H groups in total. The lowest BCUT2D eigenvalue weighted by Crippen LogP contribution is -2.31. The van der Waals surface area contributed by atoms with Crippen LogP contribution in [-0.4, -0.2) is 162 Å².